The van der Waals surface area contributed by atoms with Crippen molar-refractivity contribution >= 4 is 28.3 Å². The van der Waals surface area contributed by atoms with Crippen molar-refractivity contribution in [3.8, 4) is 0 Å². The summed E-state index contributed by atoms with van der Waals surface area (Å²) in [5.74, 6) is -1.10. The zero-order chi connectivity index (χ0) is 16.9. The van der Waals surface area contributed by atoms with Crippen LogP contribution in [0.3, 0.4) is 0 Å². The van der Waals surface area contributed by atoms with Gasteiger partial charge in [0.2, 0.25) is 0 Å². The van der Waals surface area contributed by atoms with Crippen LogP contribution >= 0.6 is 0 Å². The molecule has 3 aromatic rings. The van der Waals surface area contributed by atoms with E-state index in [1.165, 1.54) is 25.5 Å². The number of hydrogen-bond acceptors (Lipinski definition) is 5. The second kappa shape index (κ2) is 6.87. The zero-order valence-electron chi connectivity index (χ0n) is 13.0. The minimum absolute atomic E-state index is 0.0577. The predicted octanol–water partition coefficient (Wildman–Crippen LogP) is 2.81. The number of carbonyl (C=O) groups excluding carboxylic acids is 2. The molecule has 0 aliphatic carbocycles. The van der Waals surface area contributed by atoms with Crippen LogP contribution in [-0.4, -0.2) is 27.9 Å². The maximum Gasteiger partial charge on any atom is 0.359 e. The zero-order valence-corrected chi connectivity index (χ0v) is 13.0. The Labute approximate surface area is 138 Å². The van der Waals surface area contributed by atoms with Gasteiger partial charge in [-0.15, -0.1) is 0 Å². The van der Waals surface area contributed by atoms with E-state index in [1.807, 2.05) is 36.4 Å². The van der Waals surface area contributed by atoms with Gasteiger partial charge in [-0.05, 0) is 18.4 Å². The molecule has 6 heteroatoms. The molecule has 3 rings (SSSR count). The van der Waals surface area contributed by atoms with E-state index in [0.717, 1.165) is 10.8 Å². The summed E-state index contributed by atoms with van der Waals surface area (Å²) in [7, 11) is 0. The number of benzene rings is 2. The predicted molar refractivity (Wildman–Crippen MR) is 89.5 cm³/mol. The van der Waals surface area contributed by atoms with E-state index in [-0.39, 0.29) is 5.69 Å². The SMILES string of the molecule is C[C@H](OC(=O)c1cnccn1)C(=O)Nc1cccc2ccccc12. The quantitative estimate of drug-likeness (QED) is 0.747. The highest BCUT2D eigenvalue weighted by Gasteiger charge is 2.20. The highest BCUT2D eigenvalue weighted by atomic mass is 16.5. The summed E-state index contributed by atoms with van der Waals surface area (Å²) in [5, 5.41) is 4.72. The number of esters is 1. The Morgan fingerprint density at radius 3 is 2.67 bits per heavy atom. The molecule has 120 valence electrons. The van der Waals surface area contributed by atoms with E-state index >= 15 is 0 Å². The Balaban J connectivity index is 1.71. The number of hydrogen-bond donors (Lipinski definition) is 1. The van der Waals surface area contributed by atoms with Crippen LogP contribution in [0.1, 0.15) is 17.4 Å². The molecule has 1 heterocycles. The summed E-state index contributed by atoms with van der Waals surface area (Å²) in [5.41, 5.74) is 0.725. The van der Waals surface area contributed by atoms with E-state index in [1.54, 1.807) is 6.07 Å². The first-order valence-electron chi connectivity index (χ1n) is 7.41. The third-order valence-corrected chi connectivity index (χ3v) is 3.47. The molecule has 0 spiro atoms. The molecule has 1 N–H and O–H groups in total. The molecule has 0 bridgehead atoms. The third kappa shape index (κ3) is 3.38. The molecule has 0 saturated heterocycles. The molecule has 0 saturated carbocycles. The van der Waals surface area contributed by atoms with Crippen LogP contribution in [0, 0.1) is 0 Å². The van der Waals surface area contributed by atoms with Crippen molar-refractivity contribution in [1.82, 2.24) is 9.97 Å². The van der Waals surface area contributed by atoms with Crippen molar-refractivity contribution in [1.29, 1.82) is 0 Å². The van der Waals surface area contributed by atoms with Crippen LogP contribution in [0.25, 0.3) is 10.8 Å². The van der Waals surface area contributed by atoms with Crippen molar-refractivity contribution in [3.63, 3.8) is 0 Å². The highest BCUT2D eigenvalue weighted by molar-refractivity contribution is 6.04. The lowest BCUT2D eigenvalue weighted by Crippen LogP contribution is -2.30. The lowest BCUT2D eigenvalue weighted by molar-refractivity contribution is -0.123. The Morgan fingerprint density at radius 2 is 1.88 bits per heavy atom. The highest BCUT2D eigenvalue weighted by Crippen LogP contribution is 2.23. The summed E-state index contributed by atoms with van der Waals surface area (Å²) >= 11 is 0. The van der Waals surface area contributed by atoms with Gasteiger partial charge in [-0.1, -0.05) is 36.4 Å². The second-order valence-corrected chi connectivity index (χ2v) is 5.15. The minimum atomic E-state index is -0.960. The summed E-state index contributed by atoms with van der Waals surface area (Å²) in [6.07, 6.45) is 3.17. The van der Waals surface area contributed by atoms with Crippen LogP contribution in [0.15, 0.2) is 61.1 Å². The average molecular weight is 321 g/mol. The van der Waals surface area contributed by atoms with E-state index in [2.05, 4.69) is 15.3 Å². The number of rotatable bonds is 4. The lowest BCUT2D eigenvalue weighted by atomic mass is 10.1. The Bertz CT molecular complexity index is 876. The van der Waals surface area contributed by atoms with Gasteiger partial charge in [0.05, 0.1) is 6.20 Å². The number of anilines is 1. The largest absolute Gasteiger partial charge is 0.448 e. The molecular weight excluding hydrogens is 306 g/mol. The Hall–Kier alpha value is -3.28. The van der Waals surface area contributed by atoms with Crippen molar-refractivity contribution in [2.75, 3.05) is 5.32 Å². The maximum atomic E-state index is 12.3. The van der Waals surface area contributed by atoms with E-state index in [4.69, 9.17) is 4.74 Å². The summed E-state index contributed by atoms with van der Waals surface area (Å²) in [6, 6.07) is 13.3. The molecule has 0 fully saturated rings. The number of amides is 1. The molecule has 2 aromatic carbocycles. The maximum absolute atomic E-state index is 12.3. The fourth-order valence-corrected chi connectivity index (χ4v) is 2.25. The van der Waals surface area contributed by atoms with Gasteiger partial charge in [0.1, 0.15) is 0 Å². The number of carbonyl (C=O) groups is 2. The van der Waals surface area contributed by atoms with Crippen LogP contribution in [0.2, 0.25) is 0 Å². The summed E-state index contributed by atoms with van der Waals surface area (Å²) < 4.78 is 5.13. The molecular formula is C18H15N3O3. The van der Waals surface area contributed by atoms with Crippen LogP contribution in [0.4, 0.5) is 5.69 Å². The van der Waals surface area contributed by atoms with Crippen molar-refractivity contribution in [2.24, 2.45) is 0 Å². The molecule has 6 nitrogen and oxygen atoms in total. The van der Waals surface area contributed by atoms with E-state index in [0.29, 0.717) is 5.69 Å². The molecule has 0 unspecified atom stereocenters. The van der Waals surface area contributed by atoms with Gasteiger partial charge in [-0.25, -0.2) is 9.78 Å². The molecule has 1 atom stereocenters. The fourth-order valence-electron chi connectivity index (χ4n) is 2.25. The van der Waals surface area contributed by atoms with Gasteiger partial charge >= 0.3 is 5.97 Å². The number of aromatic nitrogens is 2. The van der Waals surface area contributed by atoms with Crippen molar-refractivity contribution in [2.45, 2.75) is 13.0 Å². The minimum Gasteiger partial charge on any atom is -0.448 e. The topological polar surface area (TPSA) is 81.2 Å². The monoisotopic (exact) mass is 321 g/mol. The lowest BCUT2D eigenvalue weighted by Gasteiger charge is -2.14. The molecule has 1 aromatic heterocycles. The fraction of sp³-hybridized carbons (Fsp3) is 0.111. The van der Waals surface area contributed by atoms with Gasteiger partial charge < -0.3 is 10.1 Å². The van der Waals surface area contributed by atoms with Gasteiger partial charge in [-0.2, -0.15) is 0 Å². The van der Waals surface area contributed by atoms with Crippen LogP contribution in [-0.2, 0) is 9.53 Å². The van der Waals surface area contributed by atoms with Gasteiger partial charge in [-0.3, -0.25) is 9.78 Å². The molecule has 0 aliphatic rings. The van der Waals surface area contributed by atoms with E-state index in [9.17, 15) is 9.59 Å². The standard InChI is InChI=1S/C18H15N3O3/c1-12(24-18(23)16-11-19-9-10-20-16)17(22)21-15-8-4-6-13-5-2-3-7-14(13)15/h2-12H,1H3,(H,21,22)/t12-/m0/s1. The normalized spacial score (nSPS) is 11.7. The first-order valence-corrected chi connectivity index (χ1v) is 7.41. The molecule has 24 heavy (non-hydrogen) atoms. The van der Waals surface area contributed by atoms with Crippen LogP contribution in [0.5, 0.6) is 0 Å². The van der Waals surface area contributed by atoms with Gasteiger partial charge in [0, 0.05) is 23.5 Å². The number of nitrogens with one attached hydrogen (secondary N) is 1. The Morgan fingerprint density at radius 1 is 1.08 bits per heavy atom. The number of ether oxygens (including phenoxy) is 1. The van der Waals surface area contributed by atoms with Gasteiger partial charge in [0.15, 0.2) is 11.8 Å². The van der Waals surface area contributed by atoms with E-state index < -0.39 is 18.0 Å². The average Bonchev–Trinajstić information content (AvgIpc) is 2.62. The molecule has 0 radical (unpaired) electrons. The van der Waals surface area contributed by atoms with Crippen molar-refractivity contribution < 1.29 is 14.3 Å². The second-order valence-electron chi connectivity index (χ2n) is 5.15. The molecule has 0 aliphatic heterocycles. The third-order valence-electron chi connectivity index (χ3n) is 3.47. The first-order chi connectivity index (χ1) is 11.6. The number of fused-ring (bicyclic) bond motifs is 1. The first kappa shape index (κ1) is 15.6. The van der Waals surface area contributed by atoms with Gasteiger partial charge in [0.25, 0.3) is 5.91 Å². The number of nitrogens with zero attached hydrogens (tertiary/aromatic N) is 2. The smallest absolute Gasteiger partial charge is 0.359 e. The summed E-state index contributed by atoms with van der Waals surface area (Å²) in [6.45, 7) is 1.51. The summed E-state index contributed by atoms with van der Waals surface area (Å²) in [4.78, 5) is 31.9. The Kier molecular flexibility index (Phi) is 4.47. The molecule has 1 amide bonds. The van der Waals surface area contributed by atoms with Crippen LogP contribution < -0.4 is 5.32 Å². The van der Waals surface area contributed by atoms with Crippen molar-refractivity contribution in [3.05, 3.63) is 66.7 Å².